The number of carboxylic acid groups (broad SMARTS) is 1. The lowest BCUT2D eigenvalue weighted by atomic mass is 9.95. The zero-order valence-electron chi connectivity index (χ0n) is 15.0. The van der Waals surface area contributed by atoms with E-state index in [0.717, 1.165) is 56.9 Å². The van der Waals surface area contributed by atoms with Crippen molar-refractivity contribution in [2.75, 3.05) is 0 Å². The van der Waals surface area contributed by atoms with Crippen LogP contribution in [-0.2, 0) is 12.8 Å². The predicted molar refractivity (Wildman–Crippen MR) is 102 cm³/mol. The highest BCUT2D eigenvalue weighted by Gasteiger charge is 2.24. The number of hydrogen-bond donors (Lipinski definition) is 2. The summed E-state index contributed by atoms with van der Waals surface area (Å²) >= 11 is 12.6. The monoisotopic (exact) mass is 390 g/mol. The van der Waals surface area contributed by atoms with E-state index in [4.69, 9.17) is 28.3 Å². The number of ether oxygens (including phenoxy) is 1. The van der Waals surface area contributed by atoms with Gasteiger partial charge in [0.05, 0.1) is 5.02 Å². The Bertz CT molecular complexity index is 573. The van der Waals surface area contributed by atoms with Crippen LogP contribution in [0.3, 0.4) is 0 Å². The smallest absolute Gasteiger partial charge is 0.504 e. The Morgan fingerprint density at radius 3 is 1.88 bits per heavy atom. The van der Waals surface area contributed by atoms with Crippen LogP contribution in [0, 0.1) is 0 Å². The van der Waals surface area contributed by atoms with Crippen LogP contribution in [0.4, 0.5) is 4.79 Å². The zero-order valence-corrected chi connectivity index (χ0v) is 16.5. The topological polar surface area (TPSA) is 66.8 Å². The fourth-order valence-electron chi connectivity index (χ4n) is 2.92. The minimum Gasteiger partial charge on any atom is -0.504 e. The molecule has 0 amide bonds. The van der Waals surface area contributed by atoms with E-state index in [2.05, 4.69) is 18.6 Å². The molecule has 2 N–H and O–H groups in total. The van der Waals surface area contributed by atoms with Crippen molar-refractivity contribution in [3.63, 3.8) is 0 Å². The third kappa shape index (κ3) is 6.59. The van der Waals surface area contributed by atoms with Crippen molar-refractivity contribution < 1.29 is 19.7 Å². The van der Waals surface area contributed by atoms with Crippen molar-refractivity contribution in [3.8, 4) is 11.5 Å². The van der Waals surface area contributed by atoms with Crippen LogP contribution >= 0.6 is 23.2 Å². The first kappa shape index (κ1) is 21.9. The van der Waals surface area contributed by atoms with E-state index in [-0.39, 0.29) is 21.5 Å². The molecule has 25 heavy (non-hydrogen) atoms. The molecular weight excluding hydrogens is 363 g/mol. The van der Waals surface area contributed by atoms with Gasteiger partial charge < -0.3 is 14.9 Å². The summed E-state index contributed by atoms with van der Waals surface area (Å²) in [7, 11) is 0. The summed E-state index contributed by atoms with van der Waals surface area (Å²) in [4.78, 5) is 10.9. The Balaban J connectivity index is 3.14. The van der Waals surface area contributed by atoms with E-state index in [1.165, 1.54) is 0 Å². The van der Waals surface area contributed by atoms with Crippen molar-refractivity contribution in [1.29, 1.82) is 0 Å². The average molecular weight is 391 g/mol. The van der Waals surface area contributed by atoms with Gasteiger partial charge in [0.1, 0.15) is 5.02 Å². The molecule has 1 aromatic carbocycles. The Labute approximate surface area is 160 Å². The van der Waals surface area contributed by atoms with Gasteiger partial charge in [-0.15, -0.1) is 0 Å². The molecule has 0 aliphatic heterocycles. The Morgan fingerprint density at radius 2 is 1.40 bits per heavy atom. The fourth-order valence-corrected chi connectivity index (χ4v) is 3.45. The summed E-state index contributed by atoms with van der Waals surface area (Å²) < 4.78 is 4.67. The van der Waals surface area contributed by atoms with Gasteiger partial charge in [0.25, 0.3) is 0 Å². The average Bonchev–Trinajstić information content (AvgIpc) is 2.58. The van der Waals surface area contributed by atoms with Crippen LogP contribution in [0.25, 0.3) is 0 Å². The minimum atomic E-state index is -1.53. The Morgan fingerprint density at radius 1 is 0.880 bits per heavy atom. The van der Waals surface area contributed by atoms with E-state index in [1.54, 1.807) is 0 Å². The second-order valence-electron chi connectivity index (χ2n) is 6.25. The zero-order chi connectivity index (χ0) is 18.8. The number of hydrogen-bond acceptors (Lipinski definition) is 3. The number of benzene rings is 1. The van der Waals surface area contributed by atoms with Gasteiger partial charge in [-0.1, -0.05) is 75.6 Å². The summed E-state index contributed by atoms with van der Waals surface area (Å²) in [5, 5.41) is 19.7. The fraction of sp³-hybridized carbons (Fsp3) is 0.632. The molecule has 0 aliphatic carbocycles. The molecule has 0 heterocycles. The highest BCUT2D eigenvalue weighted by Crippen LogP contribution is 2.46. The normalized spacial score (nSPS) is 10.9. The first-order chi connectivity index (χ1) is 11.9. The van der Waals surface area contributed by atoms with Crippen molar-refractivity contribution in [1.82, 2.24) is 0 Å². The maximum atomic E-state index is 10.9. The maximum absolute atomic E-state index is 10.9. The Kier molecular flexibility index (Phi) is 10.1. The molecule has 0 atom stereocenters. The van der Waals surface area contributed by atoms with Crippen LogP contribution in [0.2, 0.25) is 10.0 Å². The molecule has 0 saturated carbocycles. The molecule has 142 valence electrons. The van der Waals surface area contributed by atoms with E-state index in [9.17, 15) is 9.90 Å². The molecule has 6 heteroatoms. The summed E-state index contributed by atoms with van der Waals surface area (Å²) in [6, 6.07) is 0. The molecule has 0 aliphatic rings. The van der Waals surface area contributed by atoms with Crippen LogP contribution in [-0.4, -0.2) is 16.4 Å². The first-order valence-corrected chi connectivity index (χ1v) is 9.81. The number of rotatable bonds is 11. The largest absolute Gasteiger partial charge is 0.511 e. The van der Waals surface area contributed by atoms with Crippen LogP contribution in [0.5, 0.6) is 11.5 Å². The molecular formula is C19H28Cl2O4. The highest BCUT2D eigenvalue weighted by molar-refractivity contribution is 6.43. The molecule has 4 nitrogen and oxygen atoms in total. The number of carbonyl (C=O) groups is 1. The molecule has 0 aromatic heterocycles. The number of phenolic OH excluding ortho intramolecular Hbond substituents is 1. The minimum absolute atomic E-state index is 0.0376. The lowest BCUT2D eigenvalue weighted by Gasteiger charge is -2.18. The van der Waals surface area contributed by atoms with E-state index >= 15 is 0 Å². The number of unbranched alkanes of at least 4 members (excludes halogenated alkanes) is 6. The molecule has 0 bridgehead atoms. The highest BCUT2D eigenvalue weighted by atomic mass is 35.5. The summed E-state index contributed by atoms with van der Waals surface area (Å²) in [6.45, 7) is 4.28. The number of halogens is 2. The molecule has 0 saturated heterocycles. The third-order valence-corrected chi connectivity index (χ3v) is 5.15. The number of phenols is 1. The van der Waals surface area contributed by atoms with Gasteiger partial charge in [-0.25, -0.2) is 4.79 Å². The SMILES string of the molecule is CCCCCCc1c(O)c(OC(=O)O)c(Cl)c(Cl)c1CCCCCC. The summed E-state index contributed by atoms with van der Waals surface area (Å²) in [6.07, 6.45) is 8.29. The second-order valence-corrected chi connectivity index (χ2v) is 7.01. The molecule has 0 spiro atoms. The van der Waals surface area contributed by atoms with Crippen LogP contribution < -0.4 is 4.74 Å². The Hall–Kier alpha value is -1.13. The molecule has 0 radical (unpaired) electrons. The van der Waals surface area contributed by atoms with Gasteiger partial charge >= 0.3 is 6.16 Å². The van der Waals surface area contributed by atoms with Gasteiger partial charge in [-0.3, -0.25) is 0 Å². The quantitative estimate of drug-likeness (QED) is 0.242. The lowest BCUT2D eigenvalue weighted by molar-refractivity contribution is 0.143. The molecule has 1 aromatic rings. The standard InChI is InChI=1S/C19H28Cl2O4/c1-3-5-7-9-11-13-14(12-10-8-6-4-2)17(22)18(25-19(23)24)16(21)15(13)20/h22H,3-12H2,1-2H3,(H,23,24). The van der Waals surface area contributed by atoms with Gasteiger partial charge in [-0.05, 0) is 31.2 Å². The van der Waals surface area contributed by atoms with Gasteiger partial charge in [0.2, 0.25) is 0 Å². The van der Waals surface area contributed by atoms with Crippen molar-refractivity contribution in [2.45, 2.75) is 78.1 Å². The van der Waals surface area contributed by atoms with E-state index in [1.807, 2.05) is 0 Å². The molecule has 0 fully saturated rings. The first-order valence-electron chi connectivity index (χ1n) is 9.06. The third-order valence-electron chi connectivity index (χ3n) is 4.27. The molecule has 1 rings (SSSR count). The van der Waals surface area contributed by atoms with Crippen molar-refractivity contribution >= 4 is 29.4 Å². The van der Waals surface area contributed by atoms with Gasteiger partial charge in [-0.2, -0.15) is 0 Å². The van der Waals surface area contributed by atoms with Crippen molar-refractivity contribution in [3.05, 3.63) is 21.2 Å². The van der Waals surface area contributed by atoms with Crippen molar-refractivity contribution in [2.24, 2.45) is 0 Å². The van der Waals surface area contributed by atoms with E-state index < -0.39 is 6.16 Å². The lowest BCUT2D eigenvalue weighted by Crippen LogP contribution is -2.07. The molecule has 0 unspecified atom stereocenters. The summed E-state index contributed by atoms with van der Waals surface area (Å²) in [5.41, 5.74) is 1.48. The van der Waals surface area contributed by atoms with Gasteiger partial charge in [0.15, 0.2) is 11.5 Å². The van der Waals surface area contributed by atoms with Gasteiger partial charge in [0, 0.05) is 5.56 Å². The number of aromatic hydroxyl groups is 1. The maximum Gasteiger partial charge on any atom is 0.511 e. The summed E-state index contributed by atoms with van der Waals surface area (Å²) in [5.74, 6) is -0.458. The second kappa shape index (κ2) is 11.5. The van der Waals surface area contributed by atoms with Crippen LogP contribution in [0.1, 0.15) is 76.3 Å². The predicted octanol–water partition coefficient (Wildman–Crippen LogP) is 7.00. The van der Waals surface area contributed by atoms with Crippen LogP contribution in [0.15, 0.2) is 0 Å². The van der Waals surface area contributed by atoms with E-state index in [0.29, 0.717) is 18.4 Å².